The molecule has 0 saturated carbocycles. The van der Waals surface area contributed by atoms with Crippen LogP contribution in [-0.4, -0.2) is 39.9 Å². The van der Waals surface area contributed by atoms with Crippen LogP contribution in [0, 0.1) is 16.0 Å². The van der Waals surface area contributed by atoms with Crippen LogP contribution in [0.5, 0.6) is 5.75 Å². The molecule has 1 atom stereocenters. The summed E-state index contributed by atoms with van der Waals surface area (Å²) in [4.78, 5) is 35.7. The first-order valence-electron chi connectivity index (χ1n) is 5.65. The number of carboxylic acids is 2. The lowest BCUT2D eigenvalue weighted by Crippen LogP contribution is -2.27. The first-order chi connectivity index (χ1) is 9.77. The highest BCUT2D eigenvalue weighted by Gasteiger charge is 2.25. The third kappa shape index (κ3) is 3.75. The molecule has 0 fully saturated rings. The summed E-state index contributed by atoms with van der Waals surface area (Å²) in [6, 6.07) is 3.38. The monoisotopic (exact) mass is 296 g/mol. The molecule has 0 saturated heterocycles. The highest BCUT2D eigenvalue weighted by molar-refractivity contribution is 6.40. The van der Waals surface area contributed by atoms with Crippen molar-refractivity contribution in [2.75, 3.05) is 7.11 Å². The number of hydrogen-bond acceptors (Lipinski definition) is 6. The van der Waals surface area contributed by atoms with E-state index in [2.05, 4.69) is 4.99 Å². The minimum Gasteiger partial charge on any atom is -0.494 e. The molecular weight excluding hydrogens is 284 g/mol. The zero-order valence-electron chi connectivity index (χ0n) is 11.1. The van der Waals surface area contributed by atoms with Gasteiger partial charge >= 0.3 is 11.9 Å². The summed E-state index contributed by atoms with van der Waals surface area (Å²) < 4.78 is 4.91. The van der Waals surface area contributed by atoms with Gasteiger partial charge in [0.25, 0.3) is 5.69 Å². The number of non-ortho nitro benzene ring substituents is 1. The summed E-state index contributed by atoms with van der Waals surface area (Å²) in [5, 5.41) is 28.5. The number of aliphatic imine (C=N–C) groups is 1. The first kappa shape index (κ1) is 16.1. The van der Waals surface area contributed by atoms with Crippen LogP contribution in [0.2, 0.25) is 0 Å². The fraction of sp³-hybridized carbons (Fsp3) is 0.250. The van der Waals surface area contributed by atoms with Gasteiger partial charge in [0.15, 0.2) is 5.75 Å². The lowest BCUT2D eigenvalue weighted by Gasteiger charge is -2.08. The van der Waals surface area contributed by atoms with E-state index in [4.69, 9.17) is 14.9 Å². The highest BCUT2D eigenvalue weighted by atomic mass is 16.6. The van der Waals surface area contributed by atoms with Crippen molar-refractivity contribution < 1.29 is 29.5 Å². The number of nitrogens with zero attached hydrogens (tertiary/aromatic N) is 2. The fourth-order valence-electron chi connectivity index (χ4n) is 1.45. The Labute approximate surface area is 118 Å². The molecule has 112 valence electrons. The second-order valence-corrected chi connectivity index (χ2v) is 3.98. The predicted molar refractivity (Wildman–Crippen MR) is 71.2 cm³/mol. The van der Waals surface area contributed by atoms with Gasteiger partial charge in [-0.15, -0.1) is 0 Å². The summed E-state index contributed by atoms with van der Waals surface area (Å²) in [7, 11) is 1.24. The largest absolute Gasteiger partial charge is 0.494 e. The molecule has 0 aliphatic carbocycles. The number of nitro groups is 1. The van der Waals surface area contributed by atoms with Crippen LogP contribution in [0.1, 0.15) is 6.92 Å². The van der Waals surface area contributed by atoms with Gasteiger partial charge in [0, 0.05) is 6.07 Å². The number of hydrogen-bond donors (Lipinski definition) is 2. The Balaban J connectivity index is 3.36. The Bertz CT molecular complexity index is 624. The molecule has 0 radical (unpaired) electrons. The van der Waals surface area contributed by atoms with Crippen molar-refractivity contribution in [3.8, 4) is 5.75 Å². The fourth-order valence-corrected chi connectivity index (χ4v) is 1.45. The average molecular weight is 296 g/mol. The Morgan fingerprint density at radius 2 is 2.00 bits per heavy atom. The number of methoxy groups -OCH3 is 1. The summed E-state index contributed by atoms with van der Waals surface area (Å²) >= 11 is 0. The average Bonchev–Trinajstić information content (AvgIpc) is 2.43. The molecule has 0 heterocycles. The van der Waals surface area contributed by atoms with E-state index in [-0.39, 0.29) is 17.1 Å². The Kier molecular flexibility index (Phi) is 4.95. The number of carbonyl (C=O) groups is 2. The van der Waals surface area contributed by atoms with Crippen LogP contribution < -0.4 is 4.74 Å². The molecule has 9 nitrogen and oxygen atoms in total. The van der Waals surface area contributed by atoms with Crippen molar-refractivity contribution in [2.45, 2.75) is 6.92 Å². The standard InChI is InChI=1S/C12H12N2O7/c1-6(11(15)16)10(12(17)18)13-8-4-3-7(14(19)20)5-9(8)21-2/h3-6H,1-2H3,(H,15,16)(H,17,18). The molecule has 0 spiro atoms. The lowest BCUT2D eigenvalue weighted by molar-refractivity contribution is -0.384. The second-order valence-electron chi connectivity index (χ2n) is 3.98. The molecule has 9 heteroatoms. The number of aliphatic carboxylic acids is 2. The molecular formula is C12H12N2O7. The van der Waals surface area contributed by atoms with Crippen LogP contribution in [0.25, 0.3) is 0 Å². The lowest BCUT2D eigenvalue weighted by atomic mass is 10.1. The minimum atomic E-state index is -1.50. The maximum atomic E-state index is 11.1. The van der Waals surface area contributed by atoms with E-state index in [0.717, 1.165) is 12.1 Å². The van der Waals surface area contributed by atoms with Crippen molar-refractivity contribution in [1.82, 2.24) is 0 Å². The third-order valence-electron chi connectivity index (χ3n) is 2.61. The van der Waals surface area contributed by atoms with Gasteiger partial charge in [0.1, 0.15) is 17.3 Å². The number of ether oxygens (including phenoxy) is 1. The molecule has 1 aromatic carbocycles. The van der Waals surface area contributed by atoms with Crippen LogP contribution in [0.15, 0.2) is 23.2 Å². The molecule has 1 aromatic rings. The quantitative estimate of drug-likeness (QED) is 0.460. The predicted octanol–water partition coefficient (Wildman–Crippen LogP) is 1.48. The molecule has 1 unspecified atom stereocenters. The van der Waals surface area contributed by atoms with Crippen LogP contribution in [0.3, 0.4) is 0 Å². The van der Waals surface area contributed by atoms with Gasteiger partial charge in [0.2, 0.25) is 0 Å². The number of nitro benzene ring substituents is 1. The van der Waals surface area contributed by atoms with E-state index in [9.17, 15) is 19.7 Å². The Hall–Kier alpha value is -2.97. The zero-order valence-corrected chi connectivity index (χ0v) is 11.1. The van der Waals surface area contributed by atoms with Gasteiger partial charge in [-0.05, 0) is 13.0 Å². The van der Waals surface area contributed by atoms with Crippen molar-refractivity contribution >= 4 is 29.0 Å². The first-order valence-corrected chi connectivity index (χ1v) is 5.65. The van der Waals surface area contributed by atoms with Gasteiger partial charge in [-0.2, -0.15) is 0 Å². The van der Waals surface area contributed by atoms with Crippen molar-refractivity contribution in [2.24, 2.45) is 10.9 Å². The molecule has 0 amide bonds. The number of rotatable bonds is 6. The topological polar surface area (TPSA) is 139 Å². The van der Waals surface area contributed by atoms with Crippen LogP contribution >= 0.6 is 0 Å². The highest BCUT2D eigenvalue weighted by Crippen LogP contribution is 2.32. The summed E-state index contributed by atoms with van der Waals surface area (Å²) in [6.45, 7) is 1.17. The van der Waals surface area contributed by atoms with E-state index in [1.165, 1.54) is 20.1 Å². The van der Waals surface area contributed by atoms with E-state index in [1.54, 1.807) is 0 Å². The van der Waals surface area contributed by atoms with Gasteiger partial charge in [-0.1, -0.05) is 0 Å². The molecule has 1 rings (SSSR count). The SMILES string of the molecule is COc1cc([N+](=O)[O-])ccc1N=C(C(=O)O)C(C)C(=O)O. The Morgan fingerprint density at radius 1 is 1.38 bits per heavy atom. The van der Waals surface area contributed by atoms with Gasteiger partial charge in [0.05, 0.1) is 18.1 Å². The van der Waals surface area contributed by atoms with Gasteiger partial charge < -0.3 is 14.9 Å². The van der Waals surface area contributed by atoms with Crippen molar-refractivity contribution in [3.05, 3.63) is 28.3 Å². The molecule has 21 heavy (non-hydrogen) atoms. The maximum absolute atomic E-state index is 11.1. The molecule has 0 aliphatic rings. The number of carboxylic acid groups (broad SMARTS) is 2. The summed E-state index contributed by atoms with van der Waals surface area (Å²) in [6.07, 6.45) is 0. The van der Waals surface area contributed by atoms with E-state index < -0.39 is 28.5 Å². The zero-order chi connectivity index (χ0) is 16.2. The molecule has 0 aromatic heterocycles. The molecule has 0 bridgehead atoms. The van der Waals surface area contributed by atoms with Gasteiger partial charge in [-0.3, -0.25) is 14.9 Å². The van der Waals surface area contributed by atoms with E-state index in [1.807, 2.05) is 0 Å². The van der Waals surface area contributed by atoms with Crippen LogP contribution in [-0.2, 0) is 9.59 Å². The third-order valence-corrected chi connectivity index (χ3v) is 2.61. The smallest absolute Gasteiger partial charge is 0.351 e. The van der Waals surface area contributed by atoms with Crippen LogP contribution in [0.4, 0.5) is 11.4 Å². The Morgan fingerprint density at radius 3 is 2.43 bits per heavy atom. The number of benzene rings is 1. The van der Waals surface area contributed by atoms with Crippen molar-refractivity contribution in [3.63, 3.8) is 0 Å². The molecule has 0 aliphatic heterocycles. The van der Waals surface area contributed by atoms with Crippen molar-refractivity contribution in [1.29, 1.82) is 0 Å². The minimum absolute atomic E-state index is 0.00593. The second kappa shape index (κ2) is 6.46. The normalized spacial score (nSPS) is 12.6. The summed E-state index contributed by atoms with van der Waals surface area (Å²) in [5.41, 5.74) is -0.864. The van der Waals surface area contributed by atoms with E-state index >= 15 is 0 Å². The molecule has 2 N–H and O–H groups in total. The maximum Gasteiger partial charge on any atom is 0.351 e. The van der Waals surface area contributed by atoms with E-state index in [0.29, 0.717) is 0 Å². The van der Waals surface area contributed by atoms with Gasteiger partial charge in [-0.25, -0.2) is 9.79 Å². The summed E-state index contributed by atoms with van der Waals surface area (Å²) in [5.74, 6) is -4.22.